The summed E-state index contributed by atoms with van der Waals surface area (Å²) < 4.78 is 11.6. The molecule has 0 aliphatic carbocycles. The highest BCUT2D eigenvalue weighted by atomic mass is 16.6. The van der Waals surface area contributed by atoms with Crippen LogP contribution in [0.4, 0.5) is 0 Å². The first-order chi connectivity index (χ1) is 12.1. The lowest BCUT2D eigenvalue weighted by Crippen LogP contribution is -2.39. The van der Waals surface area contributed by atoms with Gasteiger partial charge >= 0.3 is 0 Å². The fourth-order valence-electron chi connectivity index (χ4n) is 3.23. The van der Waals surface area contributed by atoms with Gasteiger partial charge in [0, 0.05) is 12.0 Å². The summed E-state index contributed by atoms with van der Waals surface area (Å²) in [4.78, 5) is 0. The quantitative estimate of drug-likeness (QED) is 0.792. The topological polar surface area (TPSA) is 58.9 Å². The third-order valence-electron chi connectivity index (χ3n) is 4.56. The van der Waals surface area contributed by atoms with Crippen LogP contribution in [0.2, 0.25) is 0 Å². The lowest BCUT2D eigenvalue weighted by Gasteiger charge is -2.33. The van der Waals surface area contributed by atoms with Crippen LogP contribution in [0, 0.1) is 6.92 Å². The van der Waals surface area contributed by atoms with Gasteiger partial charge in [-0.25, -0.2) is 0 Å². The summed E-state index contributed by atoms with van der Waals surface area (Å²) in [6.45, 7) is 2.26. The van der Waals surface area contributed by atoms with E-state index in [2.05, 4.69) is 12.1 Å². The molecule has 3 rings (SSSR count). The maximum atomic E-state index is 10.2. The average molecular weight is 342 g/mol. The second-order valence-corrected chi connectivity index (χ2v) is 6.79. The molecule has 1 heterocycles. The molecule has 4 unspecified atom stereocenters. The number of hydrogen-bond acceptors (Lipinski definition) is 4. The fourth-order valence-corrected chi connectivity index (χ4v) is 3.23. The normalized spacial score (nSPS) is 24.8. The standard InChI is InChI=1S/C21H26O4/c1-15-7-9-17(10-8-15)21(23)24-14-20-13-18(22)12-19(25-20)11-16-5-3-2-4-6-16/h2-10,18-23H,11-14H2,1H3. The van der Waals surface area contributed by atoms with Crippen LogP contribution >= 0.6 is 0 Å². The smallest absolute Gasteiger partial charge is 0.181 e. The van der Waals surface area contributed by atoms with Crippen molar-refractivity contribution in [3.05, 3.63) is 71.3 Å². The van der Waals surface area contributed by atoms with Gasteiger partial charge in [-0.3, -0.25) is 0 Å². The average Bonchev–Trinajstić information content (AvgIpc) is 2.61. The summed E-state index contributed by atoms with van der Waals surface area (Å²) >= 11 is 0. The molecule has 1 aliphatic rings. The largest absolute Gasteiger partial charge is 0.393 e. The van der Waals surface area contributed by atoms with E-state index in [1.807, 2.05) is 49.4 Å². The van der Waals surface area contributed by atoms with Crippen molar-refractivity contribution in [2.75, 3.05) is 6.61 Å². The molecule has 0 bridgehead atoms. The first-order valence-corrected chi connectivity index (χ1v) is 8.84. The Labute approximate surface area is 149 Å². The molecule has 1 saturated heterocycles. The molecule has 25 heavy (non-hydrogen) atoms. The molecule has 4 atom stereocenters. The number of hydrogen-bond donors (Lipinski definition) is 2. The Morgan fingerprint density at radius 2 is 1.72 bits per heavy atom. The molecule has 2 N–H and O–H groups in total. The van der Waals surface area contributed by atoms with Gasteiger partial charge in [-0.2, -0.15) is 0 Å². The predicted octanol–water partition coefficient (Wildman–Crippen LogP) is 3.15. The van der Waals surface area contributed by atoms with Crippen LogP contribution in [0.5, 0.6) is 0 Å². The Morgan fingerprint density at radius 1 is 1.04 bits per heavy atom. The summed E-state index contributed by atoms with van der Waals surface area (Å²) in [5, 5.41) is 20.3. The Kier molecular flexibility index (Phi) is 6.21. The molecule has 2 aromatic carbocycles. The van der Waals surface area contributed by atoms with E-state index >= 15 is 0 Å². The van der Waals surface area contributed by atoms with Crippen molar-refractivity contribution >= 4 is 0 Å². The lowest BCUT2D eigenvalue weighted by molar-refractivity contribution is -0.168. The second kappa shape index (κ2) is 8.59. The van der Waals surface area contributed by atoms with Gasteiger partial charge < -0.3 is 19.7 Å². The van der Waals surface area contributed by atoms with E-state index in [1.165, 1.54) is 5.56 Å². The van der Waals surface area contributed by atoms with Crippen molar-refractivity contribution in [1.29, 1.82) is 0 Å². The number of aryl methyl sites for hydroxylation is 1. The molecule has 1 fully saturated rings. The summed E-state index contributed by atoms with van der Waals surface area (Å²) in [6.07, 6.45) is 0.324. The highest BCUT2D eigenvalue weighted by Gasteiger charge is 2.29. The Hall–Kier alpha value is -1.72. The first-order valence-electron chi connectivity index (χ1n) is 8.84. The molecule has 134 valence electrons. The van der Waals surface area contributed by atoms with Crippen LogP contribution in [0.15, 0.2) is 54.6 Å². The maximum absolute atomic E-state index is 10.2. The van der Waals surface area contributed by atoms with Crippen molar-refractivity contribution in [2.45, 2.75) is 50.8 Å². The van der Waals surface area contributed by atoms with Gasteiger partial charge in [0.1, 0.15) is 0 Å². The highest BCUT2D eigenvalue weighted by Crippen LogP contribution is 2.24. The molecule has 0 radical (unpaired) electrons. The molecule has 4 heteroatoms. The minimum absolute atomic E-state index is 0.0312. The minimum atomic E-state index is -0.976. The van der Waals surface area contributed by atoms with Gasteiger partial charge in [0.2, 0.25) is 0 Å². The highest BCUT2D eigenvalue weighted by molar-refractivity contribution is 5.22. The van der Waals surface area contributed by atoms with Crippen molar-refractivity contribution in [3.63, 3.8) is 0 Å². The van der Waals surface area contributed by atoms with Crippen molar-refractivity contribution in [3.8, 4) is 0 Å². The van der Waals surface area contributed by atoms with E-state index in [0.29, 0.717) is 12.8 Å². The van der Waals surface area contributed by atoms with Gasteiger partial charge in [0.15, 0.2) is 6.29 Å². The first kappa shape index (κ1) is 18.1. The van der Waals surface area contributed by atoms with Gasteiger partial charge in [0.25, 0.3) is 0 Å². The van der Waals surface area contributed by atoms with Crippen LogP contribution in [-0.2, 0) is 15.9 Å². The third kappa shape index (κ3) is 5.38. The predicted molar refractivity (Wildman–Crippen MR) is 96.1 cm³/mol. The number of benzene rings is 2. The fraction of sp³-hybridized carbons (Fsp3) is 0.429. The summed E-state index contributed by atoms with van der Waals surface area (Å²) in [7, 11) is 0. The van der Waals surface area contributed by atoms with Crippen molar-refractivity contribution < 1.29 is 19.7 Å². The number of aliphatic hydroxyl groups is 2. The Balaban J connectivity index is 1.52. The summed E-state index contributed by atoms with van der Waals surface area (Å²) in [5.74, 6) is 0. The van der Waals surface area contributed by atoms with Crippen molar-refractivity contribution in [2.24, 2.45) is 0 Å². The Morgan fingerprint density at radius 3 is 2.44 bits per heavy atom. The zero-order valence-electron chi connectivity index (χ0n) is 14.5. The van der Waals surface area contributed by atoms with E-state index in [1.54, 1.807) is 0 Å². The number of ether oxygens (including phenoxy) is 2. The van der Waals surface area contributed by atoms with Gasteiger partial charge in [0.05, 0.1) is 24.9 Å². The third-order valence-corrected chi connectivity index (χ3v) is 4.56. The second-order valence-electron chi connectivity index (χ2n) is 6.79. The number of aliphatic hydroxyl groups excluding tert-OH is 2. The molecule has 0 amide bonds. The molecule has 0 saturated carbocycles. The summed E-state index contributed by atoms with van der Waals surface area (Å²) in [5.41, 5.74) is 3.06. The minimum Gasteiger partial charge on any atom is -0.393 e. The van der Waals surface area contributed by atoms with E-state index in [4.69, 9.17) is 9.47 Å². The van der Waals surface area contributed by atoms with E-state index in [-0.39, 0.29) is 18.8 Å². The van der Waals surface area contributed by atoms with Crippen LogP contribution < -0.4 is 0 Å². The van der Waals surface area contributed by atoms with Gasteiger partial charge in [-0.1, -0.05) is 60.2 Å². The van der Waals surface area contributed by atoms with E-state index < -0.39 is 12.4 Å². The molecule has 1 aliphatic heterocycles. The molecular weight excluding hydrogens is 316 g/mol. The monoisotopic (exact) mass is 342 g/mol. The Bertz CT molecular complexity index is 641. The van der Waals surface area contributed by atoms with Gasteiger partial charge in [-0.15, -0.1) is 0 Å². The van der Waals surface area contributed by atoms with E-state index in [0.717, 1.165) is 17.5 Å². The maximum Gasteiger partial charge on any atom is 0.181 e. The van der Waals surface area contributed by atoms with Gasteiger partial charge in [-0.05, 0) is 25.3 Å². The van der Waals surface area contributed by atoms with Crippen LogP contribution in [-0.4, -0.2) is 35.1 Å². The molecular formula is C21H26O4. The van der Waals surface area contributed by atoms with Crippen LogP contribution in [0.25, 0.3) is 0 Å². The van der Waals surface area contributed by atoms with Crippen LogP contribution in [0.3, 0.4) is 0 Å². The summed E-state index contributed by atoms with van der Waals surface area (Å²) in [6, 6.07) is 17.7. The van der Waals surface area contributed by atoms with Crippen LogP contribution in [0.1, 0.15) is 35.8 Å². The molecule has 0 spiro atoms. The number of rotatable bonds is 6. The lowest BCUT2D eigenvalue weighted by atomic mass is 9.96. The zero-order valence-corrected chi connectivity index (χ0v) is 14.5. The SMILES string of the molecule is Cc1ccc(C(O)OCC2CC(O)CC(Cc3ccccc3)O2)cc1. The molecule has 2 aromatic rings. The molecule has 0 aromatic heterocycles. The van der Waals surface area contributed by atoms with Crippen molar-refractivity contribution in [1.82, 2.24) is 0 Å². The zero-order chi connectivity index (χ0) is 17.6. The molecule has 4 nitrogen and oxygen atoms in total. The van der Waals surface area contributed by atoms with E-state index in [9.17, 15) is 10.2 Å².